The third-order valence-corrected chi connectivity index (χ3v) is 3.59. The number of benzene rings is 1. The second-order valence-electron chi connectivity index (χ2n) is 5.03. The van der Waals surface area contributed by atoms with E-state index in [1.165, 1.54) is 13.8 Å². The van der Waals surface area contributed by atoms with Gasteiger partial charge in [0.25, 0.3) is 0 Å². The lowest BCUT2D eigenvalue weighted by molar-refractivity contribution is -0.146. The van der Waals surface area contributed by atoms with E-state index in [0.29, 0.717) is 5.56 Å². The van der Waals surface area contributed by atoms with E-state index < -0.39 is 29.1 Å². The van der Waals surface area contributed by atoms with Crippen LogP contribution in [0.3, 0.4) is 0 Å². The highest BCUT2D eigenvalue weighted by Gasteiger charge is 2.51. The van der Waals surface area contributed by atoms with Gasteiger partial charge in [-0.25, -0.2) is 10.2 Å². The molecular formula is C16H18N4O4. The van der Waals surface area contributed by atoms with Crippen LogP contribution in [-0.4, -0.2) is 30.6 Å². The Morgan fingerprint density at radius 2 is 1.88 bits per heavy atom. The van der Waals surface area contributed by atoms with Gasteiger partial charge in [0.15, 0.2) is 11.2 Å². The van der Waals surface area contributed by atoms with Gasteiger partial charge in [0, 0.05) is 0 Å². The van der Waals surface area contributed by atoms with Crippen LogP contribution in [0.4, 0.5) is 4.79 Å². The van der Waals surface area contributed by atoms with Gasteiger partial charge in [-0.15, -0.1) is 0 Å². The summed E-state index contributed by atoms with van der Waals surface area (Å²) in [6.07, 6.45) is 0. The molecule has 0 saturated heterocycles. The van der Waals surface area contributed by atoms with Crippen LogP contribution in [0, 0.1) is 17.2 Å². The fraction of sp³-hybridized carbons (Fsp3) is 0.312. The van der Waals surface area contributed by atoms with E-state index in [4.69, 9.17) is 10.5 Å². The first-order valence-corrected chi connectivity index (χ1v) is 6.96. The van der Waals surface area contributed by atoms with Gasteiger partial charge >= 0.3 is 12.0 Å². The van der Waals surface area contributed by atoms with E-state index in [1.807, 2.05) is 11.5 Å². The summed E-state index contributed by atoms with van der Waals surface area (Å²) in [5, 5.41) is 13.5. The smallest absolute Gasteiger partial charge is 0.332 e. The molecule has 8 heteroatoms. The molecule has 0 aliphatic rings. The minimum atomic E-state index is -1.85. The zero-order chi connectivity index (χ0) is 18.3. The Hall–Kier alpha value is -3.21. The highest BCUT2D eigenvalue weighted by atomic mass is 16.5. The Kier molecular flexibility index (Phi) is 6.18. The van der Waals surface area contributed by atoms with Crippen molar-refractivity contribution in [1.29, 1.82) is 5.26 Å². The monoisotopic (exact) mass is 330 g/mol. The van der Waals surface area contributed by atoms with Crippen molar-refractivity contribution in [2.45, 2.75) is 19.3 Å². The lowest BCUT2D eigenvalue weighted by atomic mass is 9.67. The number of methoxy groups -OCH3 is 1. The van der Waals surface area contributed by atoms with E-state index in [9.17, 15) is 19.6 Å². The number of hydrazone groups is 1. The molecule has 0 fully saturated rings. The Balaban J connectivity index is 3.63. The average molecular weight is 330 g/mol. The number of urea groups is 1. The molecular weight excluding hydrogens is 312 g/mol. The first-order valence-electron chi connectivity index (χ1n) is 6.96. The van der Waals surface area contributed by atoms with Gasteiger partial charge in [0.2, 0.25) is 0 Å². The summed E-state index contributed by atoms with van der Waals surface area (Å²) in [7, 11) is 1.14. The molecule has 0 heterocycles. The molecule has 0 saturated carbocycles. The predicted molar refractivity (Wildman–Crippen MR) is 85.7 cm³/mol. The van der Waals surface area contributed by atoms with Crippen molar-refractivity contribution in [2.24, 2.45) is 16.8 Å². The lowest BCUT2D eigenvalue weighted by Crippen LogP contribution is -2.49. The molecule has 8 nitrogen and oxygen atoms in total. The summed E-state index contributed by atoms with van der Waals surface area (Å²) >= 11 is 0. The number of esters is 1. The van der Waals surface area contributed by atoms with Crippen LogP contribution < -0.4 is 11.2 Å². The molecule has 2 atom stereocenters. The first-order chi connectivity index (χ1) is 11.3. The minimum Gasteiger partial charge on any atom is -0.468 e. The number of nitrogens with two attached hydrogens (primary N) is 1. The number of primary amides is 1. The molecule has 0 aliphatic carbocycles. The molecule has 0 bridgehead atoms. The number of nitriles is 1. The second-order valence-corrected chi connectivity index (χ2v) is 5.03. The summed E-state index contributed by atoms with van der Waals surface area (Å²) in [4.78, 5) is 35.6. The van der Waals surface area contributed by atoms with Crippen LogP contribution in [-0.2, 0) is 19.7 Å². The van der Waals surface area contributed by atoms with Gasteiger partial charge in [0.1, 0.15) is 5.92 Å². The van der Waals surface area contributed by atoms with E-state index in [2.05, 4.69) is 5.10 Å². The van der Waals surface area contributed by atoms with Crippen molar-refractivity contribution < 1.29 is 19.1 Å². The molecule has 1 aromatic rings. The van der Waals surface area contributed by atoms with E-state index >= 15 is 0 Å². The number of amides is 2. The fourth-order valence-electron chi connectivity index (χ4n) is 2.47. The molecule has 1 aromatic carbocycles. The summed E-state index contributed by atoms with van der Waals surface area (Å²) in [6, 6.07) is 9.14. The zero-order valence-electron chi connectivity index (χ0n) is 13.6. The number of nitrogens with one attached hydrogen (secondary N) is 1. The lowest BCUT2D eigenvalue weighted by Gasteiger charge is -2.31. The molecule has 0 radical (unpaired) electrons. The van der Waals surface area contributed by atoms with Crippen LogP contribution in [0.25, 0.3) is 0 Å². The molecule has 1 rings (SSSR count). The number of ketones is 1. The molecule has 3 N–H and O–H groups in total. The number of ether oxygens (including phenoxy) is 1. The summed E-state index contributed by atoms with van der Waals surface area (Å²) in [5.74, 6) is -2.73. The van der Waals surface area contributed by atoms with Gasteiger partial charge in [0.05, 0.1) is 18.9 Å². The predicted octanol–water partition coefficient (Wildman–Crippen LogP) is 0.870. The van der Waals surface area contributed by atoms with Gasteiger partial charge in [-0.1, -0.05) is 30.3 Å². The van der Waals surface area contributed by atoms with Crippen LogP contribution in [0.15, 0.2) is 35.4 Å². The van der Waals surface area contributed by atoms with E-state index in [0.717, 1.165) is 7.11 Å². The maximum atomic E-state index is 12.4. The van der Waals surface area contributed by atoms with Crippen molar-refractivity contribution in [3.63, 3.8) is 0 Å². The fourth-order valence-corrected chi connectivity index (χ4v) is 2.47. The van der Waals surface area contributed by atoms with E-state index in [1.54, 1.807) is 30.3 Å². The molecule has 24 heavy (non-hydrogen) atoms. The van der Waals surface area contributed by atoms with Crippen LogP contribution in [0.1, 0.15) is 19.4 Å². The van der Waals surface area contributed by atoms with Crippen molar-refractivity contribution >= 4 is 23.5 Å². The van der Waals surface area contributed by atoms with Gasteiger partial charge in [-0.3, -0.25) is 9.59 Å². The van der Waals surface area contributed by atoms with Gasteiger partial charge in [-0.2, -0.15) is 10.4 Å². The topological polar surface area (TPSA) is 135 Å². The quantitative estimate of drug-likeness (QED) is 0.453. The largest absolute Gasteiger partial charge is 0.468 e. The molecule has 126 valence electrons. The second kappa shape index (κ2) is 7.87. The Morgan fingerprint density at radius 1 is 1.29 bits per heavy atom. The van der Waals surface area contributed by atoms with E-state index in [-0.39, 0.29) is 5.71 Å². The zero-order valence-corrected chi connectivity index (χ0v) is 13.6. The number of carbonyl (C=O) groups excluding carboxylic acids is 3. The van der Waals surface area contributed by atoms with Crippen molar-refractivity contribution in [1.82, 2.24) is 5.43 Å². The standard InChI is InChI=1S/C16H18N4O4/c1-10(19-20-15(18)23)13(14(22)24-3)16(9-17,11(2)21)12-7-5-4-6-8-12/h4-8,13H,1-3H3,(H3,18,20,23)/b19-10+. The summed E-state index contributed by atoms with van der Waals surface area (Å²) in [5.41, 5.74) is 5.44. The Morgan fingerprint density at radius 3 is 2.29 bits per heavy atom. The number of rotatable bonds is 6. The third-order valence-electron chi connectivity index (χ3n) is 3.59. The summed E-state index contributed by atoms with van der Waals surface area (Å²) in [6.45, 7) is 2.61. The maximum Gasteiger partial charge on any atom is 0.332 e. The third kappa shape index (κ3) is 3.57. The van der Waals surface area contributed by atoms with Gasteiger partial charge < -0.3 is 10.5 Å². The van der Waals surface area contributed by atoms with Gasteiger partial charge in [-0.05, 0) is 19.4 Å². The number of carbonyl (C=O) groups is 3. The Labute approximate surface area is 139 Å². The number of Topliss-reactive ketones (excluding diaryl/α,β-unsaturated/α-hetero) is 1. The van der Waals surface area contributed by atoms with Crippen LogP contribution in [0.2, 0.25) is 0 Å². The normalized spacial score (nSPS) is 14.7. The molecule has 0 aromatic heterocycles. The maximum absolute atomic E-state index is 12.4. The highest BCUT2D eigenvalue weighted by Crippen LogP contribution is 2.35. The minimum absolute atomic E-state index is 0.0150. The number of hydrogen-bond donors (Lipinski definition) is 2. The van der Waals surface area contributed by atoms with Crippen molar-refractivity contribution in [3.05, 3.63) is 35.9 Å². The number of hydrogen-bond acceptors (Lipinski definition) is 6. The summed E-state index contributed by atoms with van der Waals surface area (Å²) < 4.78 is 4.75. The van der Waals surface area contributed by atoms with Crippen molar-refractivity contribution in [3.8, 4) is 6.07 Å². The first kappa shape index (κ1) is 18.8. The van der Waals surface area contributed by atoms with Crippen LogP contribution in [0.5, 0.6) is 0 Å². The number of nitrogens with zero attached hydrogens (tertiary/aromatic N) is 2. The molecule has 2 amide bonds. The van der Waals surface area contributed by atoms with Crippen LogP contribution >= 0.6 is 0 Å². The average Bonchev–Trinajstić information content (AvgIpc) is 2.57. The molecule has 0 aliphatic heterocycles. The molecule has 0 spiro atoms. The molecule has 2 unspecified atom stereocenters. The highest BCUT2D eigenvalue weighted by molar-refractivity contribution is 6.10. The Bertz CT molecular complexity index is 709. The SMILES string of the molecule is COC(=O)C(/C(C)=N/NC(N)=O)C(C#N)(C(C)=O)c1ccccc1. The van der Waals surface area contributed by atoms with Crippen molar-refractivity contribution in [2.75, 3.05) is 7.11 Å².